The van der Waals surface area contributed by atoms with Gasteiger partial charge in [-0.1, -0.05) is 18.2 Å². The van der Waals surface area contributed by atoms with E-state index in [0.29, 0.717) is 5.56 Å². The van der Waals surface area contributed by atoms with E-state index in [1.165, 1.54) is 12.1 Å². The molecule has 0 aliphatic rings. The zero-order chi connectivity index (χ0) is 13.9. The fourth-order valence-corrected chi connectivity index (χ4v) is 2.57. The minimum absolute atomic E-state index is 0.118. The van der Waals surface area contributed by atoms with Crippen LogP contribution in [0.3, 0.4) is 0 Å². The molecule has 0 atom stereocenters. The summed E-state index contributed by atoms with van der Waals surface area (Å²) in [5.74, 6) is 0.284. The Hall–Kier alpha value is -1.92. The molecule has 0 amide bonds. The zero-order valence-corrected chi connectivity index (χ0v) is 11.2. The third-order valence-electron chi connectivity index (χ3n) is 2.54. The van der Waals surface area contributed by atoms with Crippen LogP contribution in [0.1, 0.15) is 11.3 Å². The number of rotatable bonds is 4. The SMILES string of the molecule is Cc1cccc(NS(=O)(=O)c2ccc(CO)cc2)n1. The highest BCUT2D eigenvalue weighted by Gasteiger charge is 2.14. The van der Waals surface area contributed by atoms with E-state index in [1.54, 1.807) is 37.3 Å². The van der Waals surface area contributed by atoms with Crippen LogP contribution >= 0.6 is 0 Å². The maximum atomic E-state index is 12.1. The van der Waals surface area contributed by atoms with Crippen molar-refractivity contribution in [3.8, 4) is 0 Å². The topological polar surface area (TPSA) is 79.3 Å². The molecule has 1 heterocycles. The van der Waals surface area contributed by atoms with Crippen molar-refractivity contribution in [3.63, 3.8) is 0 Å². The number of nitrogens with one attached hydrogen (secondary N) is 1. The van der Waals surface area contributed by atoms with Gasteiger partial charge in [-0.3, -0.25) is 4.72 Å². The lowest BCUT2D eigenvalue weighted by Crippen LogP contribution is -2.14. The van der Waals surface area contributed by atoms with Crippen molar-refractivity contribution in [3.05, 3.63) is 53.7 Å². The van der Waals surface area contributed by atoms with Crippen molar-refractivity contribution >= 4 is 15.8 Å². The van der Waals surface area contributed by atoms with E-state index < -0.39 is 10.0 Å². The van der Waals surface area contributed by atoms with Crippen LogP contribution < -0.4 is 4.72 Å². The maximum Gasteiger partial charge on any atom is 0.263 e. The first-order chi connectivity index (χ1) is 9.01. The van der Waals surface area contributed by atoms with Crippen LogP contribution in [0.4, 0.5) is 5.82 Å². The molecule has 1 aromatic carbocycles. The molecule has 0 bridgehead atoms. The minimum atomic E-state index is -3.65. The lowest BCUT2D eigenvalue weighted by atomic mass is 10.2. The summed E-state index contributed by atoms with van der Waals surface area (Å²) in [6.45, 7) is 1.67. The summed E-state index contributed by atoms with van der Waals surface area (Å²) in [7, 11) is -3.65. The number of anilines is 1. The lowest BCUT2D eigenvalue weighted by Gasteiger charge is -2.08. The predicted molar refractivity (Wildman–Crippen MR) is 72.1 cm³/mol. The number of nitrogens with zero attached hydrogens (tertiary/aromatic N) is 1. The van der Waals surface area contributed by atoms with Gasteiger partial charge in [0.1, 0.15) is 5.82 Å². The summed E-state index contributed by atoms with van der Waals surface area (Å²) in [6.07, 6.45) is 0. The van der Waals surface area contributed by atoms with Crippen molar-refractivity contribution in [1.82, 2.24) is 4.98 Å². The Kier molecular flexibility index (Phi) is 3.82. The van der Waals surface area contributed by atoms with Crippen molar-refractivity contribution in [2.75, 3.05) is 4.72 Å². The average molecular weight is 278 g/mol. The van der Waals surface area contributed by atoms with Gasteiger partial charge < -0.3 is 5.11 Å². The van der Waals surface area contributed by atoms with Gasteiger partial charge in [0, 0.05) is 5.69 Å². The van der Waals surface area contributed by atoms with Crippen molar-refractivity contribution in [1.29, 1.82) is 0 Å². The zero-order valence-electron chi connectivity index (χ0n) is 10.4. The number of sulfonamides is 1. The molecular formula is C13H14N2O3S. The van der Waals surface area contributed by atoms with E-state index in [-0.39, 0.29) is 17.3 Å². The number of aromatic nitrogens is 1. The summed E-state index contributed by atoms with van der Waals surface area (Å²) in [6, 6.07) is 11.1. The van der Waals surface area contributed by atoms with Crippen LogP contribution in [0.15, 0.2) is 47.4 Å². The van der Waals surface area contributed by atoms with Crippen LogP contribution in [-0.2, 0) is 16.6 Å². The second kappa shape index (κ2) is 5.38. The monoisotopic (exact) mass is 278 g/mol. The van der Waals surface area contributed by atoms with Crippen molar-refractivity contribution < 1.29 is 13.5 Å². The van der Waals surface area contributed by atoms with Crippen LogP contribution in [0.25, 0.3) is 0 Å². The second-order valence-corrected chi connectivity index (χ2v) is 5.75. The third-order valence-corrected chi connectivity index (χ3v) is 3.91. The van der Waals surface area contributed by atoms with Gasteiger partial charge >= 0.3 is 0 Å². The molecule has 2 rings (SSSR count). The molecule has 0 unspecified atom stereocenters. The molecule has 0 spiro atoms. The predicted octanol–water partition coefficient (Wildman–Crippen LogP) is 1.68. The highest BCUT2D eigenvalue weighted by atomic mass is 32.2. The molecule has 2 N–H and O–H groups in total. The van der Waals surface area contributed by atoms with Gasteiger partial charge in [0.25, 0.3) is 10.0 Å². The standard InChI is InChI=1S/C13H14N2O3S/c1-10-3-2-4-13(14-10)15-19(17,18)12-7-5-11(9-16)6-8-12/h2-8,16H,9H2,1H3,(H,14,15). The van der Waals surface area contributed by atoms with Gasteiger partial charge in [0.15, 0.2) is 0 Å². The largest absolute Gasteiger partial charge is 0.392 e. The fourth-order valence-electron chi connectivity index (χ4n) is 1.57. The number of aryl methyl sites for hydroxylation is 1. The van der Waals surface area contributed by atoms with E-state index in [1.807, 2.05) is 0 Å². The van der Waals surface area contributed by atoms with E-state index in [2.05, 4.69) is 9.71 Å². The fraction of sp³-hybridized carbons (Fsp3) is 0.154. The molecule has 2 aromatic rings. The van der Waals surface area contributed by atoms with E-state index >= 15 is 0 Å². The molecule has 0 aliphatic carbocycles. The Morgan fingerprint density at radius 3 is 2.42 bits per heavy atom. The van der Waals surface area contributed by atoms with Gasteiger partial charge in [-0.2, -0.15) is 0 Å². The summed E-state index contributed by atoms with van der Waals surface area (Å²) < 4.78 is 26.6. The Balaban J connectivity index is 2.27. The second-order valence-electron chi connectivity index (χ2n) is 4.07. The Morgan fingerprint density at radius 1 is 1.16 bits per heavy atom. The molecular weight excluding hydrogens is 264 g/mol. The van der Waals surface area contributed by atoms with Crippen LogP contribution in [0.2, 0.25) is 0 Å². The highest BCUT2D eigenvalue weighted by Crippen LogP contribution is 2.15. The van der Waals surface area contributed by atoms with Crippen LogP contribution in [0.5, 0.6) is 0 Å². The summed E-state index contributed by atoms with van der Waals surface area (Å²) in [5.41, 5.74) is 1.39. The lowest BCUT2D eigenvalue weighted by molar-refractivity contribution is 0.282. The molecule has 0 fully saturated rings. The molecule has 5 nitrogen and oxygen atoms in total. The third kappa shape index (κ3) is 3.30. The first-order valence-corrected chi connectivity index (χ1v) is 7.16. The minimum Gasteiger partial charge on any atom is -0.392 e. The van der Waals surface area contributed by atoms with E-state index in [9.17, 15) is 8.42 Å². The smallest absolute Gasteiger partial charge is 0.263 e. The number of aliphatic hydroxyl groups excluding tert-OH is 1. The first kappa shape index (κ1) is 13.5. The molecule has 0 radical (unpaired) electrons. The average Bonchev–Trinajstić information content (AvgIpc) is 2.38. The van der Waals surface area contributed by atoms with E-state index in [0.717, 1.165) is 5.69 Å². The highest BCUT2D eigenvalue weighted by molar-refractivity contribution is 7.92. The molecule has 1 aromatic heterocycles. The number of hydrogen-bond acceptors (Lipinski definition) is 4. The Labute approximate surface area is 112 Å². The molecule has 0 saturated heterocycles. The number of benzene rings is 1. The maximum absolute atomic E-state index is 12.1. The van der Waals surface area contributed by atoms with Crippen molar-refractivity contribution in [2.24, 2.45) is 0 Å². The number of aliphatic hydroxyl groups is 1. The Bertz CT molecular complexity index is 667. The molecule has 6 heteroatoms. The van der Waals surface area contributed by atoms with Gasteiger partial charge in [-0.15, -0.1) is 0 Å². The van der Waals surface area contributed by atoms with E-state index in [4.69, 9.17) is 5.11 Å². The number of hydrogen-bond donors (Lipinski definition) is 2. The summed E-state index contributed by atoms with van der Waals surface area (Å²) in [4.78, 5) is 4.22. The number of pyridine rings is 1. The Morgan fingerprint density at radius 2 is 1.84 bits per heavy atom. The van der Waals surface area contributed by atoms with Gasteiger partial charge in [0.05, 0.1) is 11.5 Å². The molecule has 19 heavy (non-hydrogen) atoms. The van der Waals surface area contributed by atoms with Crippen molar-refractivity contribution in [2.45, 2.75) is 18.4 Å². The van der Waals surface area contributed by atoms with Gasteiger partial charge in [-0.25, -0.2) is 13.4 Å². The summed E-state index contributed by atoms with van der Waals surface area (Å²) >= 11 is 0. The van der Waals surface area contributed by atoms with Gasteiger partial charge in [-0.05, 0) is 36.8 Å². The first-order valence-electron chi connectivity index (χ1n) is 5.67. The van der Waals surface area contributed by atoms with Gasteiger partial charge in [0.2, 0.25) is 0 Å². The quantitative estimate of drug-likeness (QED) is 0.892. The molecule has 0 saturated carbocycles. The summed E-state index contributed by atoms with van der Waals surface area (Å²) in [5, 5.41) is 8.92. The van der Waals surface area contributed by atoms with Crippen LogP contribution in [-0.4, -0.2) is 18.5 Å². The van der Waals surface area contributed by atoms with Crippen LogP contribution in [0, 0.1) is 6.92 Å². The normalized spacial score (nSPS) is 11.3. The molecule has 100 valence electrons. The molecule has 0 aliphatic heterocycles.